The average molecular weight is 368 g/mol. The second-order valence-electron chi connectivity index (χ2n) is 6.54. The predicted octanol–water partition coefficient (Wildman–Crippen LogP) is 4.10. The summed E-state index contributed by atoms with van der Waals surface area (Å²) in [5, 5.41) is 18.8. The number of aromatic nitrogens is 1. The summed E-state index contributed by atoms with van der Waals surface area (Å²) in [5.74, 6) is -0.0989. The molecule has 0 atom stereocenters. The molecule has 0 bridgehead atoms. The number of benzene rings is 2. The van der Waals surface area contributed by atoms with Crippen molar-refractivity contribution in [1.82, 2.24) is 9.47 Å². The zero-order valence-electron chi connectivity index (χ0n) is 15.7. The molecule has 1 heterocycles. The molecule has 28 heavy (non-hydrogen) atoms. The lowest BCUT2D eigenvalue weighted by molar-refractivity contribution is -0.125. The maximum absolute atomic E-state index is 12.5. The molecular formula is C23H20N4O. The van der Waals surface area contributed by atoms with E-state index >= 15 is 0 Å². The molecule has 1 aromatic heterocycles. The van der Waals surface area contributed by atoms with Crippen LogP contribution in [0.1, 0.15) is 23.1 Å². The molecule has 1 amide bonds. The van der Waals surface area contributed by atoms with Crippen LogP contribution in [0.4, 0.5) is 0 Å². The first kappa shape index (κ1) is 18.9. The minimum absolute atomic E-state index is 0.0989. The van der Waals surface area contributed by atoms with E-state index in [1.807, 2.05) is 53.2 Å². The Morgan fingerprint density at radius 2 is 1.89 bits per heavy atom. The third kappa shape index (κ3) is 4.28. The fourth-order valence-corrected chi connectivity index (χ4v) is 3.09. The summed E-state index contributed by atoms with van der Waals surface area (Å²) in [6, 6.07) is 19.4. The Morgan fingerprint density at radius 3 is 2.61 bits per heavy atom. The molecule has 0 saturated heterocycles. The second-order valence-corrected chi connectivity index (χ2v) is 6.54. The molecule has 3 aromatic rings. The van der Waals surface area contributed by atoms with Gasteiger partial charge >= 0.3 is 0 Å². The number of hydrogen-bond donors (Lipinski definition) is 0. The zero-order valence-corrected chi connectivity index (χ0v) is 15.7. The van der Waals surface area contributed by atoms with Crippen LogP contribution in [0.5, 0.6) is 0 Å². The molecule has 138 valence electrons. The minimum Gasteiger partial charge on any atom is -0.346 e. The van der Waals surface area contributed by atoms with Crippen LogP contribution in [0.2, 0.25) is 0 Å². The summed E-state index contributed by atoms with van der Waals surface area (Å²) < 4.78 is 2.04. The first-order chi connectivity index (χ1) is 13.6. The van der Waals surface area contributed by atoms with Gasteiger partial charge in [0.15, 0.2) is 0 Å². The Balaban J connectivity index is 1.74. The van der Waals surface area contributed by atoms with Crippen molar-refractivity contribution in [2.75, 3.05) is 7.05 Å². The lowest BCUT2D eigenvalue weighted by atomic mass is 10.1. The average Bonchev–Trinajstić information content (AvgIpc) is 3.08. The van der Waals surface area contributed by atoms with Gasteiger partial charge in [0.1, 0.15) is 0 Å². The number of fused-ring (bicyclic) bond motifs is 1. The highest BCUT2D eigenvalue weighted by atomic mass is 16.2. The summed E-state index contributed by atoms with van der Waals surface area (Å²) in [6.07, 6.45) is 5.81. The highest BCUT2D eigenvalue weighted by Gasteiger charge is 2.09. The number of nitriles is 2. The van der Waals surface area contributed by atoms with E-state index in [2.05, 4.69) is 12.1 Å². The molecule has 3 rings (SSSR count). The van der Waals surface area contributed by atoms with Gasteiger partial charge in [0, 0.05) is 48.9 Å². The van der Waals surface area contributed by atoms with Gasteiger partial charge in [-0.1, -0.05) is 30.3 Å². The van der Waals surface area contributed by atoms with Crippen LogP contribution in [-0.2, 0) is 17.9 Å². The SMILES string of the molecule is CN(Cc1ccc(C#N)cc1)C(=O)/C=C/c1cn(CCC#N)c2ccccc12. The highest BCUT2D eigenvalue weighted by Crippen LogP contribution is 2.23. The maximum Gasteiger partial charge on any atom is 0.246 e. The predicted molar refractivity (Wildman–Crippen MR) is 109 cm³/mol. The smallest absolute Gasteiger partial charge is 0.246 e. The van der Waals surface area contributed by atoms with Crippen molar-refractivity contribution < 1.29 is 4.79 Å². The van der Waals surface area contributed by atoms with E-state index in [0.29, 0.717) is 25.1 Å². The topological polar surface area (TPSA) is 72.8 Å². The Labute approximate surface area is 164 Å². The van der Waals surface area contributed by atoms with Crippen molar-refractivity contribution >= 4 is 22.9 Å². The van der Waals surface area contributed by atoms with Gasteiger partial charge in [-0.15, -0.1) is 0 Å². The molecule has 0 aliphatic carbocycles. The molecule has 5 heteroatoms. The Morgan fingerprint density at radius 1 is 1.14 bits per heavy atom. The van der Waals surface area contributed by atoms with Crippen LogP contribution in [0.25, 0.3) is 17.0 Å². The van der Waals surface area contributed by atoms with Gasteiger partial charge in [-0.3, -0.25) is 4.79 Å². The third-order valence-electron chi connectivity index (χ3n) is 4.57. The molecule has 0 N–H and O–H groups in total. The number of likely N-dealkylation sites (N-methyl/N-ethyl adjacent to an activating group) is 1. The summed E-state index contributed by atoms with van der Waals surface area (Å²) in [6.45, 7) is 1.09. The van der Waals surface area contributed by atoms with Gasteiger partial charge in [0.25, 0.3) is 0 Å². The highest BCUT2D eigenvalue weighted by molar-refractivity contribution is 5.96. The standard InChI is InChI=1S/C23H20N4O/c1-26(16-19-9-7-18(15-25)8-10-19)23(28)12-11-20-17-27(14-4-13-24)22-6-3-2-5-21(20)22/h2-3,5-12,17H,4,14,16H2,1H3/b12-11+. The number of carbonyl (C=O) groups excluding carboxylic acids is 1. The van der Waals surface area contributed by atoms with E-state index < -0.39 is 0 Å². The summed E-state index contributed by atoms with van der Waals surface area (Å²) in [7, 11) is 1.75. The van der Waals surface area contributed by atoms with E-state index in [-0.39, 0.29) is 5.91 Å². The number of amides is 1. The van der Waals surface area contributed by atoms with E-state index in [0.717, 1.165) is 22.0 Å². The molecule has 0 unspecified atom stereocenters. The maximum atomic E-state index is 12.5. The number of aryl methyl sites for hydroxylation is 1. The molecule has 0 fully saturated rings. The lowest BCUT2D eigenvalue weighted by Gasteiger charge is -2.15. The molecule has 0 saturated carbocycles. The first-order valence-corrected chi connectivity index (χ1v) is 8.99. The van der Waals surface area contributed by atoms with Crippen molar-refractivity contribution in [3.8, 4) is 12.1 Å². The molecule has 0 aliphatic rings. The molecule has 0 spiro atoms. The van der Waals surface area contributed by atoms with Crippen molar-refractivity contribution in [2.24, 2.45) is 0 Å². The van der Waals surface area contributed by atoms with Gasteiger partial charge in [0.05, 0.1) is 24.1 Å². The van der Waals surface area contributed by atoms with Crippen molar-refractivity contribution in [2.45, 2.75) is 19.5 Å². The lowest BCUT2D eigenvalue weighted by Crippen LogP contribution is -2.24. The van der Waals surface area contributed by atoms with Crippen LogP contribution in [0, 0.1) is 22.7 Å². The summed E-state index contributed by atoms with van der Waals surface area (Å²) >= 11 is 0. The number of para-hydroxylation sites is 1. The van der Waals surface area contributed by atoms with Gasteiger partial charge in [0.2, 0.25) is 5.91 Å². The number of carbonyl (C=O) groups is 1. The fraction of sp³-hybridized carbons (Fsp3) is 0.174. The third-order valence-corrected chi connectivity index (χ3v) is 4.57. The monoisotopic (exact) mass is 368 g/mol. The van der Waals surface area contributed by atoms with Crippen LogP contribution in [0.3, 0.4) is 0 Å². The van der Waals surface area contributed by atoms with Crippen LogP contribution < -0.4 is 0 Å². The summed E-state index contributed by atoms with van der Waals surface area (Å²) in [5.41, 5.74) is 3.58. The van der Waals surface area contributed by atoms with Gasteiger partial charge in [-0.25, -0.2) is 0 Å². The van der Waals surface area contributed by atoms with Gasteiger partial charge in [-0.05, 0) is 29.8 Å². The Kier molecular flexibility index (Phi) is 5.89. The Hall–Kier alpha value is -3.83. The van der Waals surface area contributed by atoms with Gasteiger partial charge < -0.3 is 9.47 Å². The van der Waals surface area contributed by atoms with Crippen LogP contribution in [-0.4, -0.2) is 22.4 Å². The van der Waals surface area contributed by atoms with Crippen molar-refractivity contribution in [1.29, 1.82) is 10.5 Å². The van der Waals surface area contributed by atoms with E-state index in [1.54, 1.807) is 30.2 Å². The Bertz CT molecular complexity index is 1090. The minimum atomic E-state index is -0.0989. The van der Waals surface area contributed by atoms with Gasteiger partial charge in [-0.2, -0.15) is 10.5 Å². The molecule has 0 aliphatic heterocycles. The first-order valence-electron chi connectivity index (χ1n) is 8.99. The molecule has 5 nitrogen and oxygen atoms in total. The number of rotatable bonds is 6. The second kappa shape index (κ2) is 8.70. The van der Waals surface area contributed by atoms with Crippen molar-refractivity contribution in [3.63, 3.8) is 0 Å². The quantitative estimate of drug-likeness (QED) is 0.615. The van der Waals surface area contributed by atoms with E-state index in [1.165, 1.54) is 0 Å². The van der Waals surface area contributed by atoms with Crippen LogP contribution >= 0.6 is 0 Å². The fourth-order valence-electron chi connectivity index (χ4n) is 3.09. The largest absolute Gasteiger partial charge is 0.346 e. The zero-order chi connectivity index (χ0) is 19.9. The summed E-state index contributed by atoms with van der Waals surface area (Å²) in [4.78, 5) is 14.1. The number of hydrogen-bond acceptors (Lipinski definition) is 3. The molecule has 0 radical (unpaired) electrons. The molecule has 2 aromatic carbocycles. The normalized spacial score (nSPS) is 10.7. The van der Waals surface area contributed by atoms with Crippen molar-refractivity contribution in [3.05, 3.63) is 77.5 Å². The van der Waals surface area contributed by atoms with Crippen LogP contribution in [0.15, 0.2) is 60.8 Å². The van der Waals surface area contributed by atoms with E-state index in [9.17, 15) is 4.79 Å². The van der Waals surface area contributed by atoms with E-state index in [4.69, 9.17) is 10.5 Å². The number of nitrogens with zero attached hydrogens (tertiary/aromatic N) is 4. The molecular weight excluding hydrogens is 348 g/mol.